The van der Waals surface area contributed by atoms with Gasteiger partial charge < -0.3 is 39.4 Å². The molecule has 4 aromatic heterocycles. The molecular weight excluding hydrogens is 903 g/mol. The summed E-state index contributed by atoms with van der Waals surface area (Å²) in [6.07, 6.45) is 3.81. The molecule has 4 heterocycles. The minimum atomic E-state index is -1.14. The third kappa shape index (κ3) is 12.5. The molecule has 0 unspecified atom stereocenters. The van der Waals surface area contributed by atoms with Crippen LogP contribution < -0.4 is 15.4 Å². The van der Waals surface area contributed by atoms with Gasteiger partial charge in [-0.25, -0.2) is 37.9 Å². The second kappa shape index (κ2) is 23.0. The number of anilines is 2. The van der Waals surface area contributed by atoms with E-state index in [4.69, 9.17) is 14.2 Å². The van der Waals surface area contributed by atoms with E-state index in [1.54, 1.807) is 56.4 Å². The quantitative estimate of drug-likeness (QED) is 0.0628. The molecule has 0 aliphatic heterocycles. The van der Waals surface area contributed by atoms with Crippen LogP contribution in [0.3, 0.4) is 0 Å². The van der Waals surface area contributed by atoms with E-state index in [9.17, 15) is 42.7 Å². The summed E-state index contributed by atoms with van der Waals surface area (Å²) < 4.78 is 51.4. The van der Waals surface area contributed by atoms with Crippen LogP contribution in [0.4, 0.5) is 20.4 Å². The fourth-order valence-corrected chi connectivity index (χ4v) is 6.53. The van der Waals surface area contributed by atoms with Gasteiger partial charge in [0.2, 0.25) is 0 Å². The Hall–Kier alpha value is -8.94. The van der Waals surface area contributed by atoms with E-state index in [2.05, 4.69) is 40.0 Å². The van der Waals surface area contributed by atoms with Crippen molar-refractivity contribution in [3.63, 3.8) is 0 Å². The van der Waals surface area contributed by atoms with Crippen LogP contribution >= 0.6 is 0 Å². The second-order valence-electron chi connectivity index (χ2n) is 14.5. The SMILES string of the molecule is CCOC(=O)C(=O)Nc1nc(C(=O)OC)c(O)c2ncc(Cc3ccc(F)cc3)cc12.CCOC(=O)C(=O)Nc1nc(C(=O)OC)c(OCc2ccccc2)c2ncc(Cc3ccc(F)cc3)cc12. The smallest absolute Gasteiger partial charge is 0.397 e. The molecule has 18 nitrogen and oxygen atoms in total. The number of nitrogens with zero attached hydrogens (tertiary/aromatic N) is 4. The van der Waals surface area contributed by atoms with Crippen molar-refractivity contribution >= 4 is 69.1 Å². The molecule has 0 aliphatic rings. The highest BCUT2D eigenvalue weighted by Gasteiger charge is 2.27. The van der Waals surface area contributed by atoms with Crippen molar-refractivity contribution in [2.24, 2.45) is 0 Å². The van der Waals surface area contributed by atoms with E-state index >= 15 is 0 Å². The lowest BCUT2D eigenvalue weighted by molar-refractivity contribution is -0.152. The average molecular weight is 945 g/mol. The van der Waals surface area contributed by atoms with Gasteiger partial charge in [-0.1, -0.05) is 54.6 Å². The summed E-state index contributed by atoms with van der Waals surface area (Å²) in [5.74, 6) is -7.69. The van der Waals surface area contributed by atoms with E-state index in [-0.39, 0.29) is 71.0 Å². The Morgan fingerprint density at radius 1 is 0.580 bits per heavy atom. The number of ether oxygens (including phenoxy) is 5. The molecule has 0 aliphatic carbocycles. The van der Waals surface area contributed by atoms with Crippen LogP contribution in [0.5, 0.6) is 11.5 Å². The molecule has 0 saturated carbocycles. The highest BCUT2D eigenvalue weighted by Crippen LogP contribution is 2.35. The predicted molar refractivity (Wildman–Crippen MR) is 243 cm³/mol. The zero-order chi connectivity index (χ0) is 49.6. The van der Waals surface area contributed by atoms with Gasteiger partial charge in [-0.05, 0) is 90.9 Å². The summed E-state index contributed by atoms with van der Waals surface area (Å²) in [5.41, 5.74) is 3.30. The molecule has 0 radical (unpaired) electrons. The number of halogens is 2. The Kier molecular flexibility index (Phi) is 16.5. The summed E-state index contributed by atoms with van der Waals surface area (Å²) in [7, 11) is 2.29. The number of methoxy groups -OCH3 is 2. The summed E-state index contributed by atoms with van der Waals surface area (Å²) in [5, 5.41) is 15.6. The molecule has 0 atom stereocenters. The molecule has 7 aromatic rings. The van der Waals surface area contributed by atoms with Crippen molar-refractivity contribution < 1.29 is 66.3 Å². The molecule has 7 rings (SSSR count). The van der Waals surface area contributed by atoms with E-state index in [1.165, 1.54) is 37.6 Å². The van der Waals surface area contributed by atoms with Crippen molar-refractivity contribution in [3.8, 4) is 11.5 Å². The Morgan fingerprint density at radius 3 is 1.51 bits per heavy atom. The third-order valence-electron chi connectivity index (χ3n) is 9.74. The predicted octanol–water partition coefficient (Wildman–Crippen LogP) is 6.58. The maximum Gasteiger partial charge on any atom is 0.397 e. The maximum atomic E-state index is 13.3. The number of rotatable bonds is 13. The molecule has 0 fully saturated rings. The monoisotopic (exact) mass is 944 g/mol. The van der Waals surface area contributed by atoms with Gasteiger partial charge in [0.1, 0.15) is 40.9 Å². The van der Waals surface area contributed by atoms with E-state index < -0.39 is 47.1 Å². The van der Waals surface area contributed by atoms with Gasteiger partial charge >= 0.3 is 35.7 Å². The zero-order valence-electron chi connectivity index (χ0n) is 37.3. The van der Waals surface area contributed by atoms with Crippen molar-refractivity contribution in [1.82, 2.24) is 19.9 Å². The Balaban J connectivity index is 0.000000232. The van der Waals surface area contributed by atoms with Crippen molar-refractivity contribution in [2.45, 2.75) is 33.3 Å². The normalized spacial score (nSPS) is 10.6. The number of benzene rings is 3. The van der Waals surface area contributed by atoms with Crippen LogP contribution in [0, 0.1) is 11.6 Å². The number of fused-ring (bicyclic) bond motifs is 2. The second-order valence-corrected chi connectivity index (χ2v) is 14.5. The minimum Gasteiger partial charge on any atom is -0.504 e. The zero-order valence-corrected chi connectivity index (χ0v) is 37.3. The van der Waals surface area contributed by atoms with Crippen LogP contribution in [0.1, 0.15) is 62.6 Å². The first-order chi connectivity index (χ1) is 33.2. The number of hydrogen-bond acceptors (Lipinski definition) is 16. The molecule has 354 valence electrons. The van der Waals surface area contributed by atoms with Gasteiger partial charge in [0.15, 0.2) is 22.9 Å². The molecule has 3 N–H and O–H groups in total. The molecule has 2 amide bonds. The summed E-state index contributed by atoms with van der Waals surface area (Å²) in [4.78, 5) is 89.9. The lowest BCUT2D eigenvalue weighted by Crippen LogP contribution is -2.26. The number of carbonyl (C=O) groups is 6. The van der Waals surface area contributed by atoms with Gasteiger partial charge in [-0.15, -0.1) is 0 Å². The third-order valence-corrected chi connectivity index (χ3v) is 9.74. The lowest BCUT2D eigenvalue weighted by atomic mass is 10.0. The molecule has 0 spiro atoms. The molecule has 0 saturated heterocycles. The van der Waals surface area contributed by atoms with E-state index in [1.807, 2.05) is 30.3 Å². The molecule has 3 aromatic carbocycles. The fourth-order valence-electron chi connectivity index (χ4n) is 6.53. The van der Waals surface area contributed by atoms with Gasteiger partial charge in [0.25, 0.3) is 0 Å². The molecule has 69 heavy (non-hydrogen) atoms. The van der Waals surface area contributed by atoms with E-state index in [0.717, 1.165) is 23.8 Å². The lowest BCUT2D eigenvalue weighted by Gasteiger charge is -2.16. The van der Waals surface area contributed by atoms with Gasteiger partial charge in [0.05, 0.1) is 27.4 Å². The Bertz CT molecular complexity index is 3050. The van der Waals surface area contributed by atoms with Crippen LogP contribution in [-0.4, -0.2) is 88.2 Å². The number of carbonyl (C=O) groups excluding carboxylic acids is 6. The Morgan fingerprint density at radius 2 is 1.03 bits per heavy atom. The standard InChI is InChI=1S/C28H24FN3O6.C21H18FN3O6/c1-3-37-28(35)26(33)32-25-21-14-19(13-17-9-11-20(29)12-10-17)15-30-22(21)24(23(31-25)27(34)36-2)38-16-18-7-5-4-6-8-18;1-3-31-21(29)19(27)25-18-14-9-12(8-11-4-6-13(22)7-5-11)10-23-15(14)17(26)16(24-18)20(28)30-2/h4-12,14-15H,3,13,16H2,1-2H3,(H,31,32,33);4-7,9-10,26H,3,8H2,1-2H3,(H,24,25,27). The largest absolute Gasteiger partial charge is 0.504 e. The minimum absolute atomic E-state index is 0.00345. The molecule has 20 heteroatoms. The number of aromatic nitrogens is 4. The van der Waals surface area contributed by atoms with Crippen LogP contribution in [0.25, 0.3) is 21.8 Å². The first-order valence-corrected chi connectivity index (χ1v) is 20.9. The molecule has 0 bridgehead atoms. The number of nitrogens with one attached hydrogen (secondary N) is 2. The number of aromatic hydroxyl groups is 1. The topological polar surface area (TPSA) is 244 Å². The maximum absolute atomic E-state index is 13.3. The highest BCUT2D eigenvalue weighted by molar-refractivity contribution is 6.38. The number of amides is 2. The molecular formula is C49H42F2N6O12. The van der Waals surface area contributed by atoms with Crippen LogP contribution in [0.2, 0.25) is 0 Å². The van der Waals surface area contributed by atoms with Crippen LogP contribution in [-0.2, 0) is 57.6 Å². The summed E-state index contributed by atoms with van der Waals surface area (Å²) >= 11 is 0. The van der Waals surface area contributed by atoms with Crippen molar-refractivity contribution in [2.75, 3.05) is 38.1 Å². The van der Waals surface area contributed by atoms with Gasteiger partial charge in [0, 0.05) is 23.2 Å². The number of esters is 4. The number of pyridine rings is 4. The van der Waals surface area contributed by atoms with Gasteiger partial charge in [-0.2, -0.15) is 0 Å². The first-order valence-electron chi connectivity index (χ1n) is 20.9. The van der Waals surface area contributed by atoms with Crippen molar-refractivity contribution in [3.05, 3.63) is 154 Å². The first kappa shape index (κ1) is 49.5. The van der Waals surface area contributed by atoms with Gasteiger partial charge in [-0.3, -0.25) is 19.6 Å². The summed E-state index contributed by atoms with van der Waals surface area (Å²) in [6.45, 7) is 3.21. The van der Waals surface area contributed by atoms with Crippen LogP contribution in [0.15, 0.2) is 103 Å². The average Bonchev–Trinajstić information content (AvgIpc) is 3.35. The fraction of sp³-hybridized carbons (Fsp3) is 0.184. The van der Waals surface area contributed by atoms with Crippen molar-refractivity contribution in [1.29, 1.82) is 0 Å². The van der Waals surface area contributed by atoms with E-state index in [0.29, 0.717) is 29.4 Å². The number of hydrogen-bond donors (Lipinski definition) is 3. The Labute approximate surface area is 391 Å². The highest BCUT2D eigenvalue weighted by atomic mass is 19.1. The summed E-state index contributed by atoms with van der Waals surface area (Å²) in [6, 6.07) is 24.4.